The second-order valence-electron chi connectivity index (χ2n) is 3.75. The lowest BCUT2D eigenvalue weighted by atomic mass is 10.0. The Balaban J connectivity index is 2.17. The number of aromatic nitrogens is 1. The molecule has 1 heterocycles. The summed E-state index contributed by atoms with van der Waals surface area (Å²) >= 11 is 0. The van der Waals surface area contributed by atoms with Crippen LogP contribution in [-0.2, 0) is 0 Å². The molecular formula is C10H14N2O2. The standard InChI is InChI=1S/C10H14N2O2/c11-10-7(2-1-5-12-10)9(14)8(13)6-3-4-6/h1-2,5-6,8-9,13-14H,3-4H2,(H2,11,12). The summed E-state index contributed by atoms with van der Waals surface area (Å²) in [6.45, 7) is 0. The molecule has 1 saturated carbocycles. The van der Waals surface area contributed by atoms with E-state index in [9.17, 15) is 10.2 Å². The Bertz CT molecular complexity index is 326. The molecule has 2 atom stereocenters. The largest absolute Gasteiger partial charge is 0.390 e. The molecular weight excluding hydrogens is 180 g/mol. The van der Waals surface area contributed by atoms with Gasteiger partial charge in [0.15, 0.2) is 0 Å². The van der Waals surface area contributed by atoms with Gasteiger partial charge in [0.25, 0.3) is 0 Å². The minimum Gasteiger partial charge on any atom is -0.390 e. The van der Waals surface area contributed by atoms with E-state index in [1.54, 1.807) is 18.3 Å². The number of hydrogen-bond donors (Lipinski definition) is 3. The van der Waals surface area contributed by atoms with Crippen LogP contribution in [0.1, 0.15) is 24.5 Å². The smallest absolute Gasteiger partial charge is 0.129 e. The highest BCUT2D eigenvalue weighted by molar-refractivity contribution is 5.40. The van der Waals surface area contributed by atoms with E-state index in [2.05, 4.69) is 4.98 Å². The Hall–Kier alpha value is -1.13. The Kier molecular flexibility index (Phi) is 2.39. The van der Waals surface area contributed by atoms with Crippen molar-refractivity contribution in [3.63, 3.8) is 0 Å². The molecule has 0 spiro atoms. The lowest BCUT2D eigenvalue weighted by Gasteiger charge is -2.18. The van der Waals surface area contributed by atoms with Gasteiger partial charge in [0.05, 0.1) is 6.10 Å². The van der Waals surface area contributed by atoms with Crippen LogP contribution in [0.25, 0.3) is 0 Å². The van der Waals surface area contributed by atoms with Crippen molar-refractivity contribution < 1.29 is 10.2 Å². The van der Waals surface area contributed by atoms with Gasteiger partial charge in [-0.05, 0) is 24.8 Å². The molecule has 0 bridgehead atoms. The predicted octanol–water partition coefficient (Wildman–Crippen LogP) is 0.468. The molecule has 0 amide bonds. The first-order valence-electron chi connectivity index (χ1n) is 4.76. The highest BCUT2D eigenvalue weighted by Crippen LogP contribution is 2.38. The van der Waals surface area contributed by atoms with E-state index in [4.69, 9.17) is 5.73 Å². The quantitative estimate of drug-likeness (QED) is 0.653. The van der Waals surface area contributed by atoms with Crippen molar-refractivity contribution >= 4 is 5.82 Å². The first-order valence-corrected chi connectivity index (χ1v) is 4.76. The van der Waals surface area contributed by atoms with Crippen molar-refractivity contribution in [3.8, 4) is 0 Å². The van der Waals surface area contributed by atoms with Crippen LogP contribution in [0.5, 0.6) is 0 Å². The molecule has 2 unspecified atom stereocenters. The highest BCUT2D eigenvalue weighted by atomic mass is 16.3. The fourth-order valence-electron chi connectivity index (χ4n) is 1.56. The van der Waals surface area contributed by atoms with E-state index < -0.39 is 12.2 Å². The zero-order valence-electron chi connectivity index (χ0n) is 7.80. The first kappa shape index (κ1) is 9.43. The van der Waals surface area contributed by atoms with Crippen LogP contribution >= 0.6 is 0 Å². The zero-order valence-corrected chi connectivity index (χ0v) is 7.80. The monoisotopic (exact) mass is 194 g/mol. The van der Waals surface area contributed by atoms with Crippen molar-refractivity contribution in [1.29, 1.82) is 0 Å². The zero-order chi connectivity index (χ0) is 10.1. The van der Waals surface area contributed by atoms with E-state index in [-0.39, 0.29) is 5.92 Å². The summed E-state index contributed by atoms with van der Waals surface area (Å²) < 4.78 is 0. The summed E-state index contributed by atoms with van der Waals surface area (Å²) in [6, 6.07) is 3.40. The summed E-state index contributed by atoms with van der Waals surface area (Å²) in [5.41, 5.74) is 6.12. The summed E-state index contributed by atoms with van der Waals surface area (Å²) in [7, 11) is 0. The van der Waals surface area contributed by atoms with Gasteiger partial charge in [0.2, 0.25) is 0 Å². The van der Waals surface area contributed by atoms with Crippen molar-refractivity contribution in [3.05, 3.63) is 23.9 Å². The molecule has 76 valence electrons. The summed E-state index contributed by atoms with van der Waals surface area (Å²) in [6.07, 6.45) is 1.92. The van der Waals surface area contributed by atoms with Gasteiger partial charge in [0.1, 0.15) is 11.9 Å². The molecule has 1 aliphatic carbocycles. The van der Waals surface area contributed by atoms with Gasteiger partial charge in [-0.1, -0.05) is 6.07 Å². The summed E-state index contributed by atoms with van der Waals surface area (Å²) in [5, 5.41) is 19.5. The number of rotatable bonds is 3. The van der Waals surface area contributed by atoms with E-state index in [1.807, 2.05) is 0 Å². The molecule has 4 nitrogen and oxygen atoms in total. The Morgan fingerprint density at radius 3 is 2.71 bits per heavy atom. The summed E-state index contributed by atoms with van der Waals surface area (Å²) in [4.78, 5) is 3.87. The molecule has 14 heavy (non-hydrogen) atoms. The lowest BCUT2D eigenvalue weighted by Crippen LogP contribution is -2.21. The highest BCUT2D eigenvalue weighted by Gasteiger charge is 2.35. The van der Waals surface area contributed by atoms with Gasteiger partial charge >= 0.3 is 0 Å². The third-order valence-corrected chi connectivity index (χ3v) is 2.62. The van der Waals surface area contributed by atoms with E-state index >= 15 is 0 Å². The fourth-order valence-corrected chi connectivity index (χ4v) is 1.56. The van der Waals surface area contributed by atoms with Gasteiger partial charge in [-0.25, -0.2) is 4.98 Å². The van der Waals surface area contributed by atoms with Crippen LogP contribution in [0.4, 0.5) is 5.82 Å². The number of nitrogens with zero attached hydrogens (tertiary/aromatic N) is 1. The maximum absolute atomic E-state index is 9.81. The maximum Gasteiger partial charge on any atom is 0.129 e. The van der Waals surface area contributed by atoms with Crippen LogP contribution in [0.15, 0.2) is 18.3 Å². The van der Waals surface area contributed by atoms with Crippen LogP contribution in [0.2, 0.25) is 0 Å². The van der Waals surface area contributed by atoms with Gasteiger partial charge in [-0.3, -0.25) is 0 Å². The van der Waals surface area contributed by atoms with Crippen molar-refractivity contribution in [2.75, 3.05) is 5.73 Å². The average Bonchev–Trinajstić information content (AvgIpc) is 3.00. The van der Waals surface area contributed by atoms with Crippen molar-refractivity contribution in [2.45, 2.75) is 25.0 Å². The van der Waals surface area contributed by atoms with E-state index in [0.29, 0.717) is 11.4 Å². The topological polar surface area (TPSA) is 79.4 Å². The molecule has 1 fully saturated rings. The molecule has 4 N–H and O–H groups in total. The molecule has 0 aliphatic heterocycles. The molecule has 1 aromatic rings. The molecule has 0 saturated heterocycles. The first-order chi connectivity index (χ1) is 6.70. The Labute approximate surface area is 82.4 Å². The lowest BCUT2D eigenvalue weighted by molar-refractivity contribution is 0.00511. The number of pyridine rings is 1. The molecule has 4 heteroatoms. The number of nitrogens with two attached hydrogens (primary N) is 1. The second kappa shape index (κ2) is 3.55. The van der Waals surface area contributed by atoms with E-state index in [1.165, 1.54) is 0 Å². The summed E-state index contributed by atoms with van der Waals surface area (Å²) in [5.74, 6) is 0.518. The molecule has 1 aromatic heterocycles. The van der Waals surface area contributed by atoms with Crippen LogP contribution in [-0.4, -0.2) is 21.3 Å². The molecule has 1 aliphatic rings. The molecule has 0 radical (unpaired) electrons. The second-order valence-corrected chi connectivity index (χ2v) is 3.75. The number of aliphatic hydroxyl groups is 2. The number of anilines is 1. The normalized spacial score (nSPS) is 20.4. The predicted molar refractivity (Wildman–Crippen MR) is 52.3 cm³/mol. The number of hydrogen-bond acceptors (Lipinski definition) is 4. The number of aliphatic hydroxyl groups excluding tert-OH is 2. The maximum atomic E-state index is 9.81. The minimum absolute atomic E-state index is 0.226. The third-order valence-electron chi connectivity index (χ3n) is 2.62. The van der Waals surface area contributed by atoms with Gasteiger partial charge in [-0.15, -0.1) is 0 Å². The van der Waals surface area contributed by atoms with Crippen LogP contribution in [0, 0.1) is 5.92 Å². The van der Waals surface area contributed by atoms with Gasteiger partial charge < -0.3 is 15.9 Å². The van der Waals surface area contributed by atoms with Crippen molar-refractivity contribution in [2.24, 2.45) is 5.92 Å². The van der Waals surface area contributed by atoms with E-state index in [0.717, 1.165) is 12.8 Å². The van der Waals surface area contributed by atoms with Crippen LogP contribution < -0.4 is 5.73 Å². The van der Waals surface area contributed by atoms with Gasteiger partial charge in [-0.2, -0.15) is 0 Å². The fraction of sp³-hybridized carbons (Fsp3) is 0.500. The minimum atomic E-state index is -0.906. The van der Waals surface area contributed by atoms with Gasteiger partial charge in [0, 0.05) is 11.8 Å². The number of nitrogen functional groups attached to an aromatic ring is 1. The van der Waals surface area contributed by atoms with Crippen molar-refractivity contribution in [1.82, 2.24) is 4.98 Å². The third kappa shape index (κ3) is 1.71. The molecule has 2 rings (SSSR count). The Morgan fingerprint density at radius 2 is 2.14 bits per heavy atom. The average molecular weight is 194 g/mol. The van der Waals surface area contributed by atoms with Crippen LogP contribution in [0.3, 0.4) is 0 Å². The Morgan fingerprint density at radius 1 is 1.43 bits per heavy atom. The molecule has 0 aromatic carbocycles. The SMILES string of the molecule is Nc1ncccc1C(O)C(O)C1CC1.